The summed E-state index contributed by atoms with van der Waals surface area (Å²) in [6.07, 6.45) is 8.35. The van der Waals surface area contributed by atoms with E-state index in [4.69, 9.17) is 4.74 Å². The molecule has 2 heteroatoms. The zero-order valence-electron chi connectivity index (χ0n) is 14.0. The Morgan fingerprint density at radius 2 is 1.67 bits per heavy atom. The minimum absolute atomic E-state index is 0.262. The lowest BCUT2D eigenvalue weighted by molar-refractivity contribution is 0.0526. The van der Waals surface area contributed by atoms with Crippen molar-refractivity contribution >= 4 is 18.1 Å². The highest BCUT2D eigenvalue weighted by Crippen LogP contribution is 2.53. The number of carbonyl (C=O) groups is 1. The molecule has 0 aromatic heterocycles. The largest absolute Gasteiger partial charge is 0.462 e. The van der Waals surface area contributed by atoms with Crippen molar-refractivity contribution in [3.05, 3.63) is 70.3 Å². The summed E-state index contributed by atoms with van der Waals surface area (Å²) in [5.41, 5.74) is 6.11. The van der Waals surface area contributed by atoms with Gasteiger partial charge in [-0.1, -0.05) is 42.5 Å². The van der Waals surface area contributed by atoms with Gasteiger partial charge in [-0.05, 0) is 72.4 Å². The number of hydrogen-bond donors (Lipinski definition) is 0. The van der Waals surface area contributed by atoms with E-state index in [9.17, 15) is 4.79 Å². The maximum atomic E-state index is 11.7. The Kier molecular flexibility index (Phi) is 3.97. The van der Waals surface area contributed by atoms with E-state index in [0.29, 0.717) is 12.2 Å². The van der Waals surface area contributed by atoms with E-state index in [1.807, 2.05) is 31.2 Å². The predicted molar refractivity (Wildman–Crippen MR) is 97.1 cm³/mol. The third-order valence-electron chi connectivity index (χ3n) is 5.31. The second-order valence-corrected chi connectivity index (χ2v) is 6.77. The molecule has 2 nitrogen and oxygen atoms in total. The monoisotopic (exact) mass is 318 g/mol. The maximum absolute atomic E-state index is 11.7. The fourth-order valence-corrected chi connectivity index (χ4v) is 4.11. The number of ether oxygens (including phenoxy) is 1. The Balaban J connectivity index is 1.49. The van der Waals surface area contributed by atoms with Crippen molar-refractivity contribution in [2.45, 2.75) is 38.0 Å². The lowest BCUT2D eigenvalue weighted by Crippen LogP contribution is -2.03. The molecule has 1 fully saturated rings. The van der Waals surface area contributed by atoms with E-state index >= 15 is 0 Å². The second-order valence-electron chi connectivity index (χ2n) is 6.77. The molecule has 2 unspecified atom stereocenters. The first kappa shape index (κ1) is 15.2. The van der Waals surface area contributed by atoms with E-state index < -0.39 is 0 Å². The zero-order valence-corrected chi connectivity index (χ0v) is 14.0. The molecule has 24 heavy (non-hydrogen) atoms. The molecule has 0 amide bonds. The van der Waals surface area contributed by atoms with Gasteiger partial charge in [-0.15, -0.1) is 0 Å². The fraction of sp³-hybridized carbons (Fsp3) is 0.318. The van der Waals surface area contributed by atoms with Gasteiger partial charge in [0.25, 0.3) is 0 Å². The Morgan fingerprint density at radius 3 is 2.42 bits per heavy atom. The van der Waals surface area contributed by atoms with Crippen molar-refractivity contribution in [3.63, 3.8) is 0 Å². The third kappa shape index (κ3) is 2.77. The molecule has 1 saturated carbocycles. The zero-order chi connectivity index (χ0) is 16.5. The van der Waals surface area contributed by atoms with Crippen molar-refractivity contribution in [2.75, 3.05) is 6.61 Å². The van der Waals surface area contributed by atoms with E-state index in [1.165, 1.54) is 24.8 Å². The van der Waals surface area contributed by atoms with Gasteiger partial charge >= 0.3 is 5.97 Å². The number of carbonyl (C=O) groups excluding carboxylic acids is 1. The molecule has 0 heterocycles. The fourth-order valence-electron chi connectivity index (χ4n) is 4.11. The van der Waals surface area contributed by atoms with Crippen LogP contribution < -0.4 is 0 Å². The normalized spacial score (nSPS) is 21.2. The van der Waals surface area contributed by atoms with E-state index in [0.717, 1.165) is 17.4 Å². The third-order valence-corrected chi connectivity index (χ3v) is 5.31. The smallest absolute Gasteiger partial charge is 0.338 e. The summed E-state index contributed by atoms with van der Waals surface area (Å²) in [7, 11) is 0. The summed E-state index contributed by atoms with van der Waals surface area (Å²) in [5.74, 6) is 1.35. The van der Waals surface area contributed by atoms with Gasteiger partial charge in [0, 0.05) is 0 Å². The van der Waals surface area contributed by atoms with Gasteiger partial charge in [0.2, 0.25) is 0 Å². The highest BCUT2D eigenvalue weighted by molar-refractivity contribution is 5.89. The van der Waals surface area contributed by atoms with Gasteiger partial charge in [0.15, 0.2) is 0 Å². The molecular weight excluding hydrogens is 296 g/mol. The molecule has 2 aromatic rings. The maximum Gasteiger partial charge on any atom is 0.338 e. The van der Waals surface area contributed by atoms with Crippen LogP contribution in [0.15, 0.2) is 42.5 Å². The second kappa shape index (κ2) is 6.27. The van der Waals surface area contributed by atoms with Crippen LogP contribution in [-0.2, 0) is 4.74 Å². The van der Waals surface area contributed by atoms with Crippen molar-refractivity contribution in [1.82, 2.24) is 0 Å². The van der Waals surface area contributed by atoms with Crippen LogP contribution in [0.1, 0.15) is 70.6 Å². The van der Waals surface area contributed by atoms with Crippen LogP contribution in [0.3, 0.4) is 0 Å². The van der Waals surface area contributed by atoms with Crippen molar-refractivity contribution in [2.24, 2.45) is 0 Å². The van der Waals surface area contributed by atoms with Crippen LogP contribution in [0.25, 0.3) is 12.2 Å². The van der Waals surface area contributed by atoms with E-state index in [-0.39, 0.29) is 5.97 Å². The first-order valence-electron chi connectivity index (χ1n) is 8.83. The molecule has 2 bridgehead atoms. The number of esters is 1. The predicted octanol–water partition coefficient (Wildman–Crippen LogP) is 5.40. The number of rotatable bonds is 4. The Bertz CT molecular complexity index is 786. The van der Waals surface area contributed by atoms with Gasteiger partial charge < -0.3 is 4.74 Å². The van der Waals surface area contributed by atoms with E-state index in [2.05, 4.69) is 30.4 Å². The molecule has 0 aliphatic heterocycles. The van der Waals surface area contributed by atoms with Crippen LogP contribution >= 0.6 is 0 Å². The summed E-state index contributed by atoms with van der Waals surface area (Å²) in [6, 6.07) is 14.5. The molecule has 0 saturated heterocycles. The summed E-state index contributed by atoms with van der Waals surface area (Å²) in [5, 5.41) is 0. The molecular formula is C22H22O2. The van der Waals surface area contributed by atoms with Crippen LogP contribution in [0.4, 0.5) is 0 Å². The van der Waals surface area contributed by atoms with Gasteiger partial charge in [-0.25, -0.2) is 4.79 Å². The van der Waals surface area contributed by atoms with E-state index in [1.54, 1.807) is 11.1 Å². The summed E-state index contributed by atoms with van der Waals surface area (Å²) >= 11 is 0. The van der Waals surface area contributed by atoms with Crippen LogP contribution in [0, 0.1) is 0 Å². The van der Waals surface area contributed by atoms with Crippen molar-refractivity contribution in [1.29, 1.82) is 0 Å². The lowest BCUT2D eigenvalue weighted by atomic mass is 9.90. The molecule has 4 rings (SSSR count). The lowest BCUT2D eigenvalue weighted by Gasteiger charge is -2.15. The molecule has 0 N–H and O–H groups in total. The SMILES string of the molecule is CCOC(=O)c1ccc(/C=C/c2ccc3c(c2)C2CCC3C2)cc1. The quantitative estimate of drug-likeness (QED) is 0.557. The molecule has 2 aromatic carbocycles. The number of benzene rings is 2. The number of hydrogen-bond acceptors (Lipinski definition) is 2. The Labute approximate surface area is 143 Å². The highest BCUT2D eigenvalue weighted by atomic mass is 16.5. The van der Waals surface area contributed by atoms with Crippen molar-refractivity contribution < 1.29 is 9.53 Å². The van der Waals surface area contributed by atoms with Gasteiger partial charge in [0.1, 0.15) is 0 Å². The molecule has 122 valence electrons. The van der Waals surface area contributed by atoms with Gasteiger partial charge in [-0.2, -0.15) is 0 Å². The number of fused-ring (bicyclic) bond motifs is 5. The Hall–Kier alpha value is -2.35. The average molecular weight is 318 g/mol. The average Bonchev–Trinajstić information content (AvgIpc) is 3.23. The minimum Gasteiger partial charge on any atom is -0.462 e. The highest BCUT2D eigenvalue weighted by Gasteiger charge is 2.36. The first-order valence-corrected chi connectivity index (χ1v) is 8.83. The van der Waals surface area contributed by atoms with Crippen LogP contribution in [0.5, 0.6) is 0 Å². The molecule has 2 atom stereocenters. The van der Waals surface area contributed by atoms with Crippen molar-refractivity contribution in [3.8, 4) is 0 Å². The standard InChI is InChI=1S/C22H22O2/c1-2-24-22(23)17-8-5-15(6-9-17)3-4-16-7-12-20-18-10-11-19(14-18)21(20)13-16/h3-9,12-13,18-19H,2,10-11,14H2,1H3/b4-3+. The molecule has 2 aliphatic carbocycles. The van der Waals surface area contributed by atoms with Gasteiger partial charge in [0.05, 0.1) is 12.2 Å². The Morgan fingerprint density at radius 1 is 1.00 bits per heavy atom. The van der Waals surface area contributed by atoms with Crippen LogP contribution in [-0.4, -0.2) is 12.6 Å². The molecule has 0 radical (unpaired) electrons. The molecule has 0 spiro atoms. The van der Waals surface area contributed by atoms with Gasteiger partial charge in [-0.3, -0.25) is 0 Å². The molecule has 2 aliphatic rings. The summed E-state index contributed by atoms with van der Waals surface area (Å²) < 4.78 is 5.01. The summed E-state index contributed by atoms with van der Waals surface area (Å²) in [4.78, 5) is 11.7. The minimum atomic E-state index is -0.262. The first-order chi connectivity index (χ1) is 11.7. The summed E-state index contributed by atoms with van der Waals surface area (Å²) in [6.45, 7) is 2.22. The van der Waals surface area contributed by atoms with Crippen LogP contribution in [0.2, 0.25) is 0 Å². The topological polar surface area (TPSA) is 26.3 Å².